The second-order valence-corrected chi connectivity index (χ2v) is 6.50. The summed E-state index contributed by atoms with van der Waals surface area (Å²) in [5, 5.41) is 8.47. The summed E-state index contributed by atoms with van der Waals surface area (Å²) in [6, 6.07) is 5.85. The van der Waals surface area contributed by atoms with E-state index in [2.05, 4.69) is 26.3 Å². The molecule has 21 heavy (non-hydrogen) atoms. The number of benzene rings is 1. The van der Waals surface area contributed by atoms with E-state index >= 15 is 0 Å². The molecule has 3 rings (SSSR count). The molecule has 0 radical (unpaired) electrons. The third-order valence-corrected chi connectivity index (χ3v) is 4.40. The fraction of sp³-hybridized carbons (Fsp3) is 0.400. The maximum absolute atomic E-state index is 6.18. The molecule has 1 aromatic heterocycles. The van der Waals surface area contributed by atoms with Crippen molar-refractivity contribution in [2.75, 3.05) is 11.9 Å². The average Bonchev–Trinajstić information content (AvgIpc) is 3.12. The lowest BCUT2D eigenvalue weighted by Crippen LogP contribution is -2.15. The first-order valence-corrected chi connectivity index (χ1v) is 8.19. The van der Waals surface area contributed by atoms with Crippen LogP contribution in [0.2, 0.25) is 5.02 Å². The Morgan fingerprint density at radius 2 is 2.38 bits per heavy atom. The quantitative estimate of drug-likeness (QED) is 0.861. The summed E-state index contributed by atoms with van der Waals surface area (Å²) < 4.78 is 8.58. The summed E-state index contributed by atoms with van der Waals surface area (Å²) >= 11 is 9.64. The minimum Gasteiger partial charge on any atom is -0.378 e. The van der Waals surface area contributed by atoms with Crippen molar-refractivity contribution >= 4 is 33.2 Å². The third-order valence-electron chi connectivity index (χ3n) is 3.54. The number of anilines is 1. The van der Waals surface area contributed by atoms with Gasteiger partial charge in [0.1, 0.15) is 0 Å². The third kappa shape index (κ3) is 3.99. The number of nitrogens with zero attached hydrogens (tertiary/aromatic N) is 2. The van der Waals surface area contributed by atoms with Gasteiger partial charge in [-0.15, -0.1) is 0 Å². The van der Waals surface area contributed by atoms with Crippen LogP contribution in [0.1, 0.15) is 18.4 Å². The Bertz CT molecular complexity index is 611. The minimum atomic E-state index is 0.303. The summed E-state index contributed by atoms with van der Waals surface area (Å²) in [5.74, 6) is 0. The summed E-state index contributed by atoms with van der Waals surface area (Å²) in [6.07, 6.45) is 6.42. The van der Waals surface area contributed by atoms with Gasteiger partial charge in [-0.1, -0.05) is 27.5 Å². The highest BCUT2D eigenvalue weighted by molar-refractivity contribution is 9.10. The molecule has 1 aliphatic rings. The van der Waals surface area contributed by atoms with Crippen LogP contribution < -0.4 is 5.32 Å². The van der Waals surface area contributed by atoms with Gasteiger partial charge in [-0.2, -0.15) is 5.10 Å². The zero-order valence-electron chi connectivity index (χ0n) is 11.6. The predicted octanol–water partition coefficient (Wildman–Crippen LogP) is 4.09. The van der Waals surface area contributed by atoms with Gasteiger partial charge >= 0.3 is 0 Å². The molecule has 1 aliphatic heterocycles. The van der Waals surface area contributed by atoms with E-state index in [9.17, 15) is 0 Å². The molecular formula is C15H17BrClN3O. The number of hydrogen-bond donors (Lipinski definition) is 1. The first-order valence-electron chi connectivity index (χ1n) is 7.02. The largest absolute Gasteiger partial charge is 0.378 e. The fourth-order valence-electron chi connectivity index (χ4n) is 2.43. The zero-order valence-corrected chi connectivity index (χ0v) is 13.9. The van der Waals surface area contributed by atoms with Crippen LogP contribution in [-0.2, 0) is 17.8 Å². The molecule has 0 bridgehead atoms. The highest BCUT2D eigenvalue weighted by Crippen LogP contribution is 2.22. The lowest BCUT2D eigenvalue weighted by atomic mass is 10.2. The second-order valence-electron chi connectivity index (χ2n) is 5.18. The zero-order chi connectivity index (χ0) is 14.7. The van der Waals surface area contributed by atoms with Gasteiger partial charge < -0.3 is 10.1 Å². The molecule has 1 saturated heterocycles. The molecule has 6 heteroatoms. The molecule has 1 fully saturated rings. The molecular weight excluding hydrogens is 354 g/mol. The van der Waals surface area contributed by atoms with Crippen LogP contribution in [0, 0.1) is 0 Å². The molecule has 0 amide bonds. The SMILES string of the molecule is Clc1ccc(Br)cc1CNc1cnn(CC2CCCO2)c1. The Hall–Kier alpha value is -1.04. The fourth-order valence-corrected chi connectivity index (χ4v) is 3.02. The van der Waals surface area contributed by atoms with Crippen molar-refractivity contribution in [2.24, 2.45) is 0 Å². The highest BCUT2D eigenvalue weighted by Gasteiger charge is 2.16. The van der Waals surface area contributed by atoms with Gasteiger partial charge in [-0.3, -0.25) is 4.68 Å². The number of halogens is 2. The molecule has 0 aliphatic carbocycles. The van der Waals surface area contributed by atoms with Crippen LogP contribution in [0.4, 0.5) is 5.69 Å². The second kappa shape index (κ2) is 6.81. The van der Waals surface area contributed by atoms with E-state index in [4.69, 9.17) is 16.3 Å². The molecule has 0 spiro atoms. The topological polar surface area (TPSA) is 39.1 Å². The number of hydrogen-bond acceptors (Lipinski definition) is 3. The smallest absolute Gasteiger partial charge is 0.0771 e. The molecule has 2 heterocycles. The molecule has 4 nitrogen and oxygen atoms in total. The van der Waals surface area contributed by atoms with Crippen molar-refractivity contribution in [3.05, 3.63) is 45.7 Å². The first kappa shape index (κ1) is 14.9. The predicted molar refractivity (Wildman–Crippen MR) is 87.7 cm³/mol. The van der Waals surface area contributed by atoms with Gasteiger partial charge in [0.15, 0.2) is 0 Å². The van der Waals surface area contributed by atoms with E-state index in [-0.39, 0.29) is 0 Å². The molecule has 1 unspecified atom stereocenters. The monoisotopic (exact) mass is 369 g/mol. The summed E-state index contributed by atoms with van der Waals surface area (Å²) in [6.45, 7) is 2.36. The lowest BCUT2D eigenvalue weighted by molar-refractivity contribution is 0.0940. The van der Waals surface area contributed by atoms with E-state index < -0.39 is 0 Å². The van der Waals surface area contributed by atoms with E-state index in [1.54, 1.807) is 0 Å². The average molecular weight is 371 g/mol. The number of rotatable bonds is 5. The van der Waals surface area contributed by atoms with Crippen molar-refractivity contribution in [3.63, 3.8) is 0 Å². The van der Waals surface area contributed by atoms with Crippen molar-refractivity contribution in [1.82, 2.24) is 9.78 Å². The van der Waals surface area contributed by atoms with Crippen LogP contribution in [0.3, 0.4) is 0 Å². The Morgan fingerprint density at radius 3 is 3.19 bits per heavy atom. The standard InChI is InChI=1S/C15H17BrClN3O/c16-12-3-4-15(17)11(6-12)7-18-13-8-19-20(9-13)10-14-2-1-5-21-14/h3-4,6,8-9,14,18H,1-2,5,7,10H2. The molecule has 112 valence electrons. The Labute approximate surface area is 137 Å². The number of ether oxygens (including phenoxy) is 1. The molecule has 1 atom stereocenters. The van der Waals surface area contributed by atoms with Crippen LogP contribution in [0.25, 0.3) is 0 Å². The Balaban J connectivity index is 1.58. The molecule has 2 aromatic rings. The van der Waals surface area contributed by atoms with Crippen molar-refractivity contribution in [1.29, 1.82) is 0 Å². The van der Waals surface area contributed by atoms with Gasteiger partial charge in [-0.25, -0.2) is 0 Å². The lowest BCUT2D eigenvalue weighted by Gasteiger charge is -2.09. The number of aromatic nitrogens is 2. The molecule has 1 N–H and O–H groups in total. The van der Waals surface area contributed by atoms with Gasteiger partial charge in [0.25, 0.3) is 0 Å². The Morgan fingerprint density at radius 1 is 1.48 bits per heavy atom. The Kier molecular flexibility index (Phi) is 4.83. The van der Waals surface area contributed by atoms with E-state index in [1.165, 1.54) is 0 Å². The van der Waals surface area contributed by atoms with Crippen LogP contribution >= 0.6 is 27.5 Å². The maximum atomic E-state index is 6.18. The van der Waals surface area contributed by atoms with E-state index in [1.807, 2.05) is 35.3 Å². The summed E-state index contributed by atoms with van der Waals surface area (Å²) in [7, 11) is 0. The number of nitrogens with one attached hydrogen (secondary N) is 1. The van der Waals surface area contributed by atoms with Crippen molar-refractivity contribution in [3.8, 4) is 0 Å². The molecule has 0 saturated carbocycles. The maximum Gasteiger partial charge on any atom is 0.0771 e. The van der Waals surface area contributed by atoms with Gasteiger partial charge in [-0.05, 0) is 36.6 Å². The van der Waals surface area contributed by atoms with Gasteiger partial charge in [0, 0.05) is 28.8 Å². The first-order chi connectivity index (χ1) is 10.2. The normalized spacial score (nSPS) is 18.1. The van der Waals surface area contributed by atoms with E-state index in [0.717, 1.165) is 46.7 Å². The van der Waals surface area contributed by atoms with E-state index in [0.29, 0.717) is 12.6 Å². The summed E-state index contributed by atoms with van der Waals surface area (Å²) in [5.41, 5.74) is 2.04. The molecule has 1 aromatic carbocycles. The van der Waals surface area contributed by atoms with Crippen molar-refractivity contribution in [2.45, 2.75) is 32.0 Å². The van der Waals surface area contributed by atoms with Crippen LogP contribution in [0.5, 0.6) is 0 Å². The van der Waals surface area contributed by atoms with Gasteiger partial charge in [0.2, 0.25) is 0 Å². The van der Waals surface area contributed by atoms with Crippen molar-refractivity contribution < 1.29 is 4.74 Å². The van der Waals surface area contributed by atoms with Gasteiger partial charge in [0.05, 0.1) is 24.5 Å². The van der Waals surface area contributed by atoms with Crippen LogP contribution in [0.15, 0.2) is 35.1 Å². The highest BCUT2D eigenvalue weighted by atomic mass is 79.9. The van der Waals surface area contributed by atoms with Crippen LogP contribution in [-0.4, -0.2) is 22.5 Å². The summed E-state index contributed by atoms with van der Waals surface area (Å²) in [4.78, 5) is 0. The minimum absolute atomic E-state index is 0.303.